The van der Waals surface area contributed by atoms with Crippen molar-refractivity contribution in [1.29, 1.82) is 0 Å². The number of hydrogen-bond donors (Lipinski definition) is 0. The summed E-state index contributed by atoms with van der Waals surface area (Å²) in [5.74, 6) is 0. The zero-order chi connectivity index (χ0) is 20.2. The summed E-state index contributed by atoms with van der Waals surface area (Å²) in [7, 11) is 0. The first-order chi connectivity index (χ1) is 13.8. The Morgan fingerprint density at radius 3 is 1.21 bits per heavy atom. The minimum atomic E-state index is 1.16. The topological polar surface area (TPSA) is 6.48 Å². The molecule has 2 nitrogen and oxygen atoms in total. The van der Waals surface area contributed by atoms with Crippen LogP contribution in [0.1, 0.15) is 79.1 Å². The molecule has 0 aliphatic carbocycles. The van der Waals surface area contributed by atoms with Crippen LogP contribution < -0.4 is 9.80 Å². The highest BCUT2D eigenvalue weighted by Crippen LogP contribution is 2.36. The van der Waals surface area contributed by atoms with Crippen LogP contribution in [0.25, 0.3) is 10.8 Å². The molecule has 0 saturated carbocycles. The van der Waals surface area contributed by atoms with Gasteiger partial charge in [-0.2, -0.15) is 0 Å². The number of rotatable bonds is 14. The molecule has 2 rings (SSSR count). The van der Waals surface area contributed by atoms with E-state index in [4.69, 9.17) is 0 Å². The van der Waals surface area contributed by atoms with Gasteiger partial charge in [-0.25, -0.2) is 0 Å². The summed E-state index contributed by atoms with van der Waals surface area (Å²) in [6.45, 7) is 13.8. The van der Waals surface area contributed by atoms with Gasteiger partial charge in [0.05, 0.1) is 0 Å². The first-order valence-corrected chi connectivity index (χ1v) is 11.8. The number of anilines is 2. The Hall–Kier alpha value is -1.70. The molecule has 156 valence electrons. The van der Waals surface area contributed by atoms with Crippen molar-refractivity contribution in [1.82, 2.24) is 0 Å². The Kier molecular flexibility index (Phi) is 10.2. The van der Waals surface area contributed by atoms with Gasteiger partial charge in [0.2, 0.25) is 0 Å². The van der Waals surface area contributed by atoms with E-state index in [1.807, 2.05) is 0 Å². The summed E-state index contributed by atoms with van der Waals surface area (Å²) in [6, 6.07) is 13.8. The van der Waals surface area contributed by atoms with E-state index < -0.39 is 0 Å². The van der Waals surface area contributed by atoms with Crippen molar-refractivity contribution >= 4 is 22.1 Å². The summed E-state index contributed by atoms with van der Waals surface area (Å²) >= 11 is 0. The highest BCUT2D eigenvalue weighted by molar-refractivity contribution is 6.03. The smallest absolute Gasteiger partial charge is 0.0466 e. The lowest BCUT2D eigenvalue weighted by Crippen LogP contribution is -2.28. The number of unbranched alkanes of at least 4 members (excludes halogenated alkanes) is 4. The molecule has 0 spiro atoms. The number of hydrogen-bond acceptors (Lipinski definition) is 2. The molecule has 0 atom stereocenters. The van der Waals surface area contributed by atoms with Gasteiger partial charge in [-0.05, 0) is 43.2 Å². The third kappa shape index (κ3) is 6.15. The van der Waals surface area contributed by atoms with E-state index in [2.05, 4.69) is 73.9 Å². The van der Waals surface area contributed by atoms with Crippen LogP contribution in [-0.2, 0) is 0 Å². The number of fused-ring (bicyclic) bond motifs is 1. The maximum absolute atomic E-state index is 2.65. The summed E-state index contributed by atoms with van der Waals surface area (Å²) in [4.78, 5) is 5.30. The Labute approximate surface area is 173 Å². The lowest BCUT2D eigenvalue weighted by Gasteiger charge is -2.31. The van der Waals surface area contributed by atoms with Crippen molar-refractivity contribution in [3.63, 3.8) is 0 Å². The Morgan fingerprint density at radius 1 is 0.536 bits per heavy atom. The predicted molar refractivity (Wildman–Crippen MR) is 128 cm³/mol. The van der Waals surface area contributed by atoms with Crippen LogP contribution in [0.3, 0.4) is 0 Å². The quantitative estimate of drug-likeness (QED) is 0.331. The van der Waals surface area contributed by atoms with Crippen molar-refractivity contribution < 1.29 is 0 Å². The lowest BCUT2D eigenvalue weighted by atomic mass is 10.0. The van der Waals surface area contributed by atoms with Gasteiger partial charge in [0.15, 0.2) is 0 Å². The summed E-state index contributed by atoms with van der Waals surface area (Å²) in [6.07, 6.45) is 10.0. The molecule has 2 heteroatoms. The van der Waals surface area contributed by atoms with E-state index >= 15 is 0 Å². The normalized spacial score (nSPS) is 11.1. The molecular formula is C26H42N2. The molecule has 0 N–H and O–H groups in total. The van der Waals surface area contributed by atoms with E-state index in [9.17, 15) is 0 Å². The van der Waals surface area contributed by atoms with Gasteiger partial charge >= 0.3 is 0 Å². The molecule has 0 aliphatic heterocycles. The van der Waals surface area contributed by atoms with Gasteiger partial charge in [-0.15, -0.1) is 0 Å². The molecule has 0 saturated heterocycles. The van der Waals surface area contributed by atoms with Gasteiger partial charge in [0.25, 0.3) is 0 Å². The zero-order valence-electron chi connectivity index (χ0n) is 18.8. The van der Waals surface area contributed by atoms with Gasteiger partial charge in [0, 0.05) is 42.9 Å². The largest absolute Gasteiger partial charge is 0.371 e. The molecule has 0 aromatic heterocycles. The molecule has 28 heavy (non-hydrogen) atoms. The maximum atomic E-state index is 2.65. The average molecular weight is 383 g/mol. The second-order valence-corrected chi connectivity index (χ2v) is 8.04. The highest BCUT2D eigenvalue weighted by Gasteiger charge is 2.16. The van der Waals surface area contributed by atoms with Gasteiger partial charge in [-0.1, -0.05) is 77.6 Å². The highest BCUT2D eigenvalue weighted by atomic mass is 15.1. The fourth-order valence-electron chi connectivity index (χ4n) is 3.93. The van der Waals surface area contributed by atoms with Crippen LogP contribution in [0.2, 0.25) is 0 Å². The van der Waals surface area contributed by atoms with Crippen molar-refractivity contribution in [2.45, 2.75) is 79.1 Å². The molecule has 0 fully saturated rings. The molecule has 0 aliphatic rings. The van der Waals surface area contributed by atoms with Crippen LogP contribution in [-0.4, -0.2) is 26.2 Å². The van der Waals surface area contributed by atoms with Crippen molar-refractivity contribution in [3.05, 3.63) is 36.4 Å². The summed E-state index contributed by atoms with van der Waals surface area (Å²) in [5, 5.41) is 2.84. The molecule has 2 aromatic carbocycles. The van der Waals surface area contributed by atoms with E-state index in [1.165, 1.54) is 73.5 Å². The summed E-state index contributed by atoms with van der Waals surface area (Å²) < 4.78 is 0. The van der Waals surface area contributed by atoms with E-state index in [1.54, 1.807) is 0 Å². The second-order valence-electron chi connectivity index (χ2n) is 8.04. The standard InChI is InChI=1S/C26H42N2/c1-5-9-19-27(20-10-6-2)24-17-13-15-23-16-14-18-25(26(23)24)28(21-11-7-3)22-12-8-4/h13-18H,5-12,19-22H2,1-4H3. The lowest BCUT2D eigenvalue weighted by molar-refractivity contribution is 0.675. The molecule has 0 unspecified atom stereocenters. The van der Waals surface area contributed by atoms with Crippen LogP contribution in [0.15, 0.2) is 36.4 Å². The minimum Gasteiger partial charge on any atom is -0.371 e. The monoisotopic (exact) mass is 382 g/mol. The van der Waals surface area contributed by atoms with Crippen molar-refractivity contribution in [2.24, 2.45) is 0 Å². The van der Waals surface area contributed by atoms with Gasteiger partial charge < -0.3 is 9.80 Å². The molecule has 0 bridgehead atoms. The summed E-state index contributed by atoms with van der Waals surface area (Å²) in [5.41, 5.74) is 2.88. The third-order valence-electron chi connectivity index (χ3n) is 5.67. The average Bonchev–Trinajstić information content (AvgIpc) is 2.73. The van der Waals surface area contributed by atoms with Crippen LogP contribution in [0, 0.1) is 0 Å². The maximum Gasteiger partial charge on any atom is 0.0466 e. The third-order valence-corrected chi connectivity index (χ3v) is 5.67. The fourth-order valence-corrected chi connectivity index (χ4v) is 3.93. The van der Waals surface area contributed by atoms with Crippen molar-refractivity contribution in [3.8, 4) is 0 Å². The molecule has 0 radical (unpaired) electrons. The van der Waals surface area contributed by atoms with E-state index in [-0.39, 0.29) is 0 Å². The van der Waals surface area contributed by atoms with Crippen LogP contribution in [0.4, 0.5) is 11.4 Å². The van der Waals surface area contributed by atoms with Gasteiger partial charge in [0.1, 0.15) is 0 Å². The Bertz CT molecular complexity index is 608. The second kappa shape index (κ2) is 12.7. The van der Waals surface area contributed by atoms with Gasteiger partial charge in [-0.3, -0.25) is 0 Å². The van der Waals surface area contributed by atoms with Crippen molar-refractivity contribution in [2.75, 3.05) is 36.0 Å². The predicted octanol–water partition coefficient (Wildman–Crippen LogP) is 7.65. The Balaban J connectivity index is 2.50. The van der Waals surface area contributed by atoms with Crippen LogP contribution >= 0.6 is 0 Å². The Morgan fingerprint density at radius 2 is 0.893 bits per heavy atom. The fraction of sp³-hybridized carbons (Fsp3) is 0.615. The zero-order valence-corrected chi connectivity index (χ0v) is 18.8. The molecule has 0 heterocycles. The van der Waals surface area contributed by atoms with E-state index in [0.717, 1.165) is 26.2 Å². The first-order valence-electron chi connectivity index (χ1n) is 11.8. The minimum absolute atomic E-state index is 1.16. The van der Waals surface area contributed by atoms with Crippen LogP contribution in [0.5, 0.6) is 0 Å². The molecule has 2 aromatic rings. The SMILES string of the molecule is CCCCN(CCCC)c1cccc2cccc(N(CCCC)CCCC)c12. The molecule has 0 amide bonds. The first kappa shape index (κ1) is 22.6. The number of benzene rings is 2. The number of nitrogens with zero attached hydrogens (tertiary/aromatic N) is 2. The van der Waals surface area contributed by atoms with E-state index in [0.29, 0.717) is 0 Å². The molecular weight excluding hydrogens is 340 g/mol.